The summed E-state index contributed by atoms with van der Waals surface area (Å²) in [6.07, 6.45) is 5.63. The summed E-state index contributed by atoms with van der Waals surface area (Å²) in [6.45, 7) is 1.09. The van der Waals surface area contributed by atoms with Gasteiger partial charge in [0.2, 0.25) is 0 Å². The van der Waals surface area contributed by atoms with Crippen LogP contribution >= 0.6 is 0 Å². The minimum Gasteiger partial charge on any atom is -0.481 e. The van der Waals surface area contributed by atoms with Crippen LogP contribution in [0.3, 0.4) is 0 Å². The first-order valence-electron chi connectivity index (χ1n) is 6.94. The standard InChI is InChI=1S/C12H22N2O4S/c15-11(16)12(6-2-1-3-7-12)10-13-19(17,18)14-8-4-5-9-14/h13H,1-10H2,(H,15,16). The smallest absolute Gasteiger partial charge is 0.310 e. The highest BCUT2D eigenvalue weighted by atomic mass is 32.2. The van der Waals surface area contributed by atoms with Crippen LogP contribution in [0.4, 0.5) is 0 Å². The number of hydrogen-bond acceptors (Lipinski definition) is 3. The molecule has 1 heterocycles. The molecule has 1 aliphatic carbocycles. The van der Waals surface area contributed by atoms with Crippen LogP contribution in [-0.4, -0.2) is 43.4 Å². The molecule has 0 aromatic carbocycles. The Hall–Kier alpha value is -0.660. The Labute approximate surface area is 114 Å². The Balaban J connectivity index is 2.00. The third-order valence-electron chi connectivity index (χ3n) is 4.26. The quantitative estimate of drug-likeness (QED) is 0.789. The Bertz CT molecular complexity index is 423. The maximum Gasteiger partial charge on any atom is 0.310 e. The van der Waals surface area contributed by atoms with Gasteiger partial charge in [-0.2, -0.15) is 12.7 Å². The van der Waals surface area contributed by atoms with Gasteiger partial charge in [0, 0.05) is 19.6 Å². The fraction of sp³-hybridized carbons (Fsp3) is 0.917. The molecule has 0 amide bonds. The molecule has 110 valence electrons. The zero-order valence-electron chi connectivity index (χ0n) is 11.1. The molecule has 0 unspecified atom stereocenters. The second-order valence-corrected chi connectivity index (χ2v) is 7.33. The average molecular weight is 290 g/mol. The van der Waals surface area contributed by atoms with E-state index in [1.165, 1.54) is 4.31 Å². The van der Waals surface area contributed by atoms with E-state index in [-0.39, 0.29) is 6.54 Å². The molecule has 7 heteroatoms. The van der Waals surface area contributed by atoms with Crippen LogP contribution in [0.5, 0.6) is 0 Å². The minimum atomic E-state index is -3.51. The molecular weight excluding hydrogens is 268 g/mol. The molecule has 2 N–H and O–H groups in total. The monoisotopic (exact) mass is 290 g/mol. The van der Waals surface area contributed by atoms with Crippen molar-refractivity contribution in [3.05, 3.63) is 0 Å². The van der Waals surface area contributed by atoms with Gasteiger partial charge in [-0.05, 0) is 25.7 Å². The SMILES string of the molecule is O=C(O)C1(CNS(=O)(=O)N2CCCC2)CCCCC1. The number of carbonyl (C=O) groups is 1. The highest BCUT2D eigenvalue weighted by Crippen LogP contribution is 2.36. The second kappa shape index (κ2) is 5.76. The van der Waals surface area contributed by atoms with Gasteiger partial charge in [-0.15, -0.1) is 0 Å². The van der Waals surface area contributed by atoms with Crippen LogP contribution in [0.2, 0.25) is 0 Å². The highest BCUT2D eigenvalue weighted by molar-refractivity contribution is 7.87. The number of carboxylic acids is 1. The van der Waals surface area contributed by atoms with E-state index >= 15 is 0 Å². The third-order valence-corrected chi connectivity index (χ3v) is 5.82. The van der Waals surface area contributed by atoms with E-state index in [0.717, 1.165) is 32.1 Å². The van der Waals surface area contributed by atoms with Gasteiger partial charge in [0.15, 0.2) is 0 Å². The summed E-state index contributed by atoms with van der Waals surface area (Å²) in [6, 6.07) is 0. The summed E-state index contributed by atoms with van der Waals surface area (Å²) in [5.74, 6) is -0.878. The van der Waals surface area contributed by atoms with Gasteiger partial charge in [-0.1, -0.05) is 19.3 Å². The molecule has 0 aromatic rings. The summed E-state index contributed by atoms with van der Waals surface area (Å²) >= 11 is 0. The first-order chi connectivity index (χ1) is 8.96. The fourth-order valence-corrected chi connectivity index (χ4v) is 4.32. The number of nitrogens with one attached hydrogen (secondary N) is 1. The van der Waals surface area contributed by atoms with E-state index in [2.05, 4.69) is 4.72 Å². The lowest BCUT2D eigenvalue weighted by Gasteiger charge is -2.33. The maximum atomic E-state index is 12.1. The molecule has 1 saturated heterocycles. The molecule has 0 radical (unpaired) electrons. The summed E-state index contributed by atoms with van der Waals surface area (Å²) in [5.41, 5.74) is -0.912. The molecule has 19 heavy (non-hydrogen) atoms. The number of carboxylic acid groups (broad SMARTS) is 1. The predicted octanol–water partition coefficient (Wildman–Crippen LogP) is 0.952. The van der Waals surface area contributed by atoms with E-state index in [4.69, 9.17) is 0 Å². The summed E-state index contributed by atoms with van der Waals surface area (Å²) in [5, 5.41) is 9.40. The van der Waals surface area contributed by atoms with E-state index in [1.807, 2.05) is 0 Å². The minimum absolute atomic E-state index is 0.0150. The zero-order valence-corrected chi connectivity index (χ0v) is 11.9. The van der Waals surface area contributed by atoms with Crippen molar-refractivity contribution in [2.45, 2.75) is 44.9 Å². The van der Waals surface area contributed by atoms with Crippen molar-refractivity contribution >= 4 is 16.2 Å². The van der Waals surface area contributed by atoms with Crippen molar-refractivity contribution in [1.29, 1.82) is 0 Å². The third kappa shape index (κ3) is 3.27. The molecule has 0 spiro atoms. The predicted molar refractivity (Wildman–Crippen MR) is 70.9 cm³/mol. The first kappa shape index (κ1) is 14.7. The lowest BCUT2D eigenvalue weighted by molar-refractivity contribution is -0.150. The van der Waals surface area contributed by atoms with Crippen molar-refractivity contribution in [2.75, 3.05) is 19.6 Å². The van der Waals surface area contributed by atoms with Crippen LogP contribution < -0.4 is 4.72 Å². The number of rotatable bonds is 5. The Morgan fingerprint density at radius 3 is 2.21 bits per heavy atom. The van der Waals surface area contributed by atoms with E-state index < -0.39 is 21.6 Å². The first-order valence-corrected chi connectivity index (χ1v) is 8.38. The normalized spacial score (nSPS) is 24.4. The average Bonchev–Trinajstić information content (AvgIpc) is 2.92. The zero-order chi connectivity index (χ0) is 13.9. The van der Waals surface area contributed by atoms with Gasteiger partial charge in [-0.3, -0.25) is 4.79 Å². The van der Waals surface area contributed by atoms with Crippen LogP contribution in [0.1, 0.15) is 44.9 Å². The topological polar surface area (TPSA) is 86.7 Å². The van der Waals surface area contributed by atoms with Gasteiger partial charge < -0.3 is 5.11 Å². The van der Waals surface area contributed by atoms with Crippen LogP contribution in [0, 0.1) is 5.41 Å². The highest BCUT2D eigenvalue weighted by Gasteiger charge is 2.41. The van der Waals surface area contributed by atoms with Gasteiger partial charge >= 0.3 is 5.97 Å². The lowest BCUT2D eigenvalue weighted by Crippen LogP contribution is -2.48. The van der Waals surface area contributed by atoms with Gasteiger partial charge in [0.25, 0.3) is 10.2 Å². The summed E-state index contributed by atoms with van der Waals surface area (Å²) < 4.78 is 28.0. The molecule has 0 bridgehead atoms. The Morgan fingerprint density at radius 2 is 1.68 bits per heavy atom. The van der Waals surface area contributed by atoms with Crippen LogP contribution in [0.15, 0.2) is 0 Å². The van der Waals surface area contributed by atoms with Crippen molar-refractivity contribution in [2.24, 2.45) is 5.41 Å². The number of hydrogen-bond donors (Lipinski definition) is 2. The van der Waals surface area contributed by atoms with Gasteiger partial charge in [0.05, 0.1) is 5.41 Å². The molecular formula is C12H22N2O4S. The van der Waals surface area contributed by atoms with Crippen molar-refractivity contribution in [3.63, 3.8) is 0 Å². The van der Waals surface area contributed by atoms with Crippen LogP contribution in [0.25, 0.3) is 0 Å². The molecule has 2 rings (SSSR count). The molecule has 6 nitrogen and oxygen atoms in total. The maximum absolute atomic E-state index is 12.1. The molecule has 1 aliphatic heterocycles. The largest absolute Gasteiger partial charge is 0.481 e. The Morgan fingerprint density at radius 1 is 1.11 bits per heavy atom. The Kier molecular flexibility index (Phi) is 4.47. The number of aliphatic carboxylic acids is 1. The van der Waals surface area contributed by atoms with E-state index in [0.29, 0.717) is 25.9 Å². The van der Waals surface area contributed by atoms with Crippen molar-refractivity contribution < 1.29 is 18.3 Å². The van der Waals surface area contributed by atoms with Crippen molar-refractivity contribution in [1.82, 2.24) is 9.03 Å². The lowest BCUT2D eigenvalue weighted by atomic mass is 9.74. The molecule has 2 fully saturated rings. The fourth-order valence-electron chi connectivity index (χ4n) is 2.94. The van der Waals surface area contributed by atoms with Gasteiger partial charge in [-0.25, -0.2) is 4.72 Å². The van der Waals surface area contributed by atoms with E-state index in [9.17, 15) is 18.3 Å². The van der Waals surface area contributed by atoms with Crippen molar-refractivity contribution in [3.8, 4) is 0 Å². The summed E-state index contributed by atoms with van der Waals surface area (Å²) in [7, 11) is -3.51. The van der Waals surface area contributed by atoms with Gasteiger partial charge in [0.1, 0.15) is 0 Å². The number of nitrogens with zero attached hydrogens (tertiary/aromatic N) is 1. The molecule has 0 aromatic heterocycles. The van der Waals surface area contributed by atoms with Crippen LogP contribution in [-0.2, 0) is 15.0 Å². The molecule has 2 aliphatic rings. The van der Waals surface area contributed by atoms with E-state index in [1.54, 1.807) is 0 Å². The summed E-state index contributed by atoms with van der Waals surface area (Å²) in [4.78, 5) is 11.5. The second-order valence-electron chi connectivity index (χ2n) is 5.58. The molecule has 1 saturated carbocycles. The molecule has 0 atom stereocenters.